The van der Waals surface area contributed by atoms with E-state index in [2.05, 4.69) is 39.6 Å². The van der Waals surface area contributed by atoms with Gasteiger partial charge in [-0.05, 0) is 42.3 Å². The van der Waals surface area contributed by atoms with E-state index in [1.54, 1.807) is 24.3 Å². The normalized spacial score (nSPS) is 11.5. The lowest BCUT2D eigenvalue weighted by Gasteiger charge is -2.20. The van der Waals surface area contributed by atoms with E-state index in [4.69, 9.17) is 0 Å². The molecule has 0 unspecified atom stereocenters. The van der Waals surface area contributed by atoms with Gasteiger partial charge in [0.2, 0.25) is 5.91 Å². The summed E-state index contributed by atoms with van der Waals surface area (Å²) in [7, 11) is 1.33. The van der Waals surface area contributed by atoms with Crippen molar-refractivity contribution in [3.05, 3.63) is 101 Å². The number of ether oxygens (including phenoxy) is 1. The first-order valence-electron chi connectivity index (χ1n) is 9.40. The number of methoxy groups -OCH3 is 1. The topological polar surface area (TPSA) is 67.4 Å². The summed E-state index contributed by atoms with van der Waals surface area (Å²) < 4.78 is 4.68. The van der Waals surface area contributed by atoms with Gasteiger partial charge in [0.25, 0.3) is 0 Å². The highest BCUT2D eigenvalue weighted by molar-refractivity contribution is 5.94. The molecule has 0 aliphatic rings. The summed E-state index contributed by atoms with van der Waals surface area (Å²) in [5.41, 5.74) is 4.43. The van der Waals surface area contributed by atoms with Gasteiger partial charge in [0.1, 0.15) is 0 Å². The van der Waals surface area contributed by atoms with E-state index >= 15 is 0 Å². The third-order valence-electron chi connectivity index (χ3n) is 4.60. The number of nitrogens with one attached hydrogen (secondary N) is 2. The highest BCUT2D eigenvalue weighted by atomic mass is 16.5. The van der Waals surface area contributed by atoms with Crippen LogP contribution in [0.25, 0.3) is 0 Å². The molecule has 0 saturated heterocycles. The Kier molecular flexibility index (Phi) is 6.76. The van der Waals surface area contributed by atoms with E-state index < -0.39 is 5.97 Å². The molecule has 0 heterocycles. The van der Waals surface area contributed by atoms with Gasteiger partial charge in [-0.2, -0.15) is 0 Å². The van der Waals surface area contributed by atoms with Crippen molar-refractivity contribution in [3.63, 3.8) is 0 Å². The van der Waals surface area contributed by atoms with Gasteiger partial charge in [-0.25, -0.2) is 4.79 Å². The zero-order valence-corrected chi connectivity index (χ0v) is 16.5. The van der Waals surface area contributed by atoms with Crippen molar-refractivity contribution in [2.24, 2.45) is 0 Å². The van der Waals surface area contributed by atoms with Crippen LogP contribution in [0.4, 0.5) is 5.69 Å². The van der Waals surface area contributed by atoms with Gasteiger partial charge < -0.3 is 10.1 Å². The molecule has 3 rings (SSSR count). The lowest BCUT2D eigenvalue weighted by molar-refractivity contribution is -0.115. The lowest BCUT2D eigenvalue weighted by Crippen LogP contribution is -2.31. The molecule has 0 aliphatic heterocycles. The Morgan fingerprint density at radius 1 is 0.862 bits per heavy atom. The first-order chi connectivity index (χ1) is 14.1. The molecule has 29 heavy (non-hydrogen) atoms. The van der Waals surface area contributed by atoms with E-state index in [0.29, 0.717) is 11.3 Å². The Hall–Kier alpha value is -3.44. The summed E-state index contributed by atoms with van der Waals surface area (Å²) in [4.78, 5) is 23.9. The van der Waals surface area contributed by atoms with Gasteiger partial charge in [0, 0.05) is 5.69 Å². The van der Waals surface area contributed by atoms with E-state index in [9.17, 15) is 9.59 Å². The molecule has 1 atom stereocenters. The predicted octanol–water partition coefficient (Wildman–Crippen LogP) is 4.10. The number of anilines is 1. The van der Waals surface area contributed by atoms with Crippen LogP contribution in [0, 0.1) is 6.92 Å². The molecule has 0 aliphatic carbocycles. The first-order valence-corrected chi connectivity index (χ1v) is 9.40. The molecular formula is C24H24N2O3. The Bertz CT molecular complexity index is 952. The van der Waals surface area contributed by atoms with Crippen LogP contribution in [0.1, 0.15) is 33.1 Å². The molecule has 0 fully saturated rings. The van der Waals surface area contributed by atoms with Crippen LogP contribution in [0.3, 0.4) is 0 Å². The molecule has 3 aromatic rings. The fourth-order valence-electron chi connectivity index (χ4n) is 3.04. The van der Waals surface area contributed by atoms with Crippen LogP contribution in [0.15, 0.2) is 78.9 Å². The molecule has 3 aromatic carbocycles. The maximum absolute atomic E-state index is 12.4. The number of esters is 1. The van der Waals surface area contributed by atoms with Gasteiger partial charge in [-0.15, -0.1) is 0 Å². The highest BCUT2D eigenvalue weighted by Crippen LogP contribution is 2.22. The third-order valence-corrected chi connectivity index (χ3v) is 4.60. The van der Waals surface area contributed by atoms with Crippen LogP contribution < -0.4 is 10.6 Å². The highest BCUT2D eigenvalue weighted by Gasteiger charge is 2.15. The molecule has 1 amide bonds. The van der Waals surface area contributed by atoms with Crippen LogP contribution in [-0.2, 0) is 9.53 Å². The third kappa shape index (κ3) is 5.53. The monoisotopic (exact) mass is 388 g/mol. The molecule has 0 saturated carbocycles. The number of benzene rings is 3. The van der Waals surface area contributed by atoms with Crippen LogP contribution in [0.2, 0.25) is 0 Å². The number of aryl methyl sites for hydroxylation is 1. The maximum Gasteiger partial charge on any atom is 0.337 e. The maximum atomic E-state index is 12.4. The summed E-state index contributed by atoms with van der Waals surface area (Å²) in [6, 6.07) is 24.8. The quantitative estimate of drug-likeness (QED) is 0.598. The molecule has 2 N–H and O–H groups in total. The summed E-state index contributed by atoms with van der Waals surface area (Å²) >= 11 is 0. The minimum atomic E-state index is -0.409. The molecule has 148 valence electrons. The number of carbonyl (C=O) groups is 2. The summed E-state index contributed by atoms with van der Waals surface area (Å²) in [5, 5.41) is 6.18. The average Bonchev–Trinajstić information content (AvgIpc) is 2.76. The molecule has 0 bridgehead atoms. The Labute approximate surface area is 170 Å². The van der Waals surface area contributed by atoms with Crippen LogP contribution in [-0.4, -0.2) is 25.5 Å². The van der Waals surface area contributed by atoms with Gasteiger partial charge in [-0.1, -0.05) is 60.2 Å². The minimum Gasteiger partial charge on any atom is -0.465 e. The van der Waals surface area contributed by atoms with E-state index in [-0.39, 0.29) is 18.5 Å². The van der Waals surface area contributed by atoms with Crippen molar-refractivity contribution in [1.29, 1.82) is 0 Å². The number of rotatable bonds is 7. The van der Waals surface area contributed by atoms with Crippen molar-refractivity contribution in [2.45, 2.75) is 13.0 Å². The van der Waals surface area contributed by atoms with Crippen molar-refractivity contribution in [2.75, 3.05) is 19.0 Å². The Morgan fingerprint density at radius 3 is 2.10 bits per heavy atom. The second-order valence-electron chi connectivity index (χ2n) is 6.75. The van der Waals surface area contributed by atoms with Gasteiger partial charge in [-0.3, -0.25) is 10.1 Å². The number of carbonyl (C=O) groups excluding carboxylic acids is 2. The summed E-state index contributed by atoms with van der Waals surface area (Å²) in [5.74, 6) is -0.572. The smallest absolute Gasteiger partial charge is 0.337 e. The zero-order chi connectivity index (χ0) is 20.6. The van der Waals surface area contributed by atoms with Crippen molar-refractivity contribution in [1.82, 2.24) is 5.32 Å². The molecular weight excluding hydrogens is 364 g/mol. The number of hydrogen-bond donors (Lipinski definition) is 2. The lowest BCUT2D eigenvalue weighted by atomic mass is 9.98. The first kappa shape index (κ1) is 20.3. The molecule has 5 heteroatoms. The Balaban J connectivity index is 1.66. The van der Waals surface area contributed by atoms with Crippen LogP contribution >= 0.6 is 0 Å². The second kappa shape index (κ2) is 9.66. The Morgan fingerprint density at radius 2 is 1.48 bits per heavy atom. The molecule has 5 nitrogen and oxygen atoms in total. The van der Waals surface area contributed by atoms with Gasteiger partial charge in [0.05, 0.1) is 25.3 Å². The fraction of sp³-hybridized carbons (Fsp3) is 0.167. The van der Waals surface area contributed by atoms with Crippen molar-refractivity contribution in [3.8, 4) is 0 Å². The van der Waals surface area contributed by atoms with Crippen molar-refractivity contribution < 1.29 is 14.3 Å². The van der Waals surface area contributed by atoms with Gasteiger partial charge in [0.15, 0.2) is 0 Å². The molecule has 0 radical (unpaired) electrons. The zero-order valence-electron chi connectivity index (χ0n) is 16.5. The standard InChI is InChI=1S/C24H24N2O3/c1-17-8-10-19(11-9-17)23(18-6-4-3-5-7-18)25-16-22(27)26-21-14-12-20(13-15-21)24(28)29-2/h3-15,23,25H,16H2,1-2H3,(H,26,27)/t23-/m0/s1. The minimum absolute atomic E-state index is 0.0933. The number of hydrogen-bond acceptors (Lipinski definition) is 4. The number of amides is 1. The summed E-state index contributed by atoms with van der Waals surface area (Å²) in [6.45, 7) is 2.19. The second-order valence-corrected chi connectivity index (χ2v) is 6.75. The summed E-state index contributed by atoms with van der Waals surface area (Å²) in [6.07, 6.45) is 0. The van der Waals surface area contributed by atoms with Gasteiger partial charge >= 0.3 is 5.97 Å². The predicted molar refractivity (Wildman–Crippen MR) is 114 cm³/mol. The molecule has 0 spiro atoms. The molecule has 0 aromatic heterocycles. The largest absolute Gasteiger partial charge is 0.465 e. The fourth-order valence-corrected chi connectivity index (χ4v) is 3.04. The van der Waals surface area contributed by atoms with Crippen LogP contribution in [0.5, 0.6) is 0 Å². The average molecular weight is 388 g/mol. The van der Waals surface area contributed by atoms with E-state index in [1.165, 1.54) is 12.7 Å². The van der Waals surface area contributed by atoms with Crippen molar-refractivity contribution >= 4 is 17.6 Å². The SMILES string of the molecule is COC(=O)c1ccc(NC(=O)CN[C@@H](c2ccccc2)c2ccc(C)cc2)cc1. The van der Waals surface area contributed by atoms with E-state index in [0.717, 1.165) is 11.1 Å². The van der Waals surface area contributed by atoms with E-state index in [1.807, 2.05) is 37.3 Å².